The van der Waals surface area contributed by atoms with Gasteiger partial charge in [0.25, 0.3) is 0 Å². The van der Waals surface area contributed by atoms with Crippen molar-refractivity contribution in [2.24, 2.45) is 47.3 Å². The third-order valence-corrected chi connectivity index (χ3v) is 19.7. The van der Waals surface area contributed by atoms with Crippen molar-refractivity contribution in [1.29, 1.82) is 0 Å². The molecule has 2 rings (SSSR count). The normalized spacial score (nSPS) is 27.2. The minimum Gasteiger partial charge on any atom is -0.390 e. The van der Waals surface area contributed by atoms with E-state index < -0.39 is 161 Å². The maximum atomic E-state index is 15.2. The number of likely N-dealkylation sites (N-methyl/N-ethyl adjacent to an activating group) is 6. The molecule has 97 heavy (non-hydrogen) atoms. The topological polar surface area (TPSA) is 297 Å². The number of hydrogen-bond acceptors (Lipinski definition) is 16. The SMILES string of the molecule is CC[C@@H]1NC(=O)[C@H]([C@H](O)[C@H](C)CCCCCNC)NC(=O)[C@H](C(C)C)N(C)C(=O)[C@H](CC(C)C)N(C)C(=O)[C@H](CC(C)C)N(C)C(=O)[C@@H](C)NC(=O)[C@H](C)CC(=O)[C@H](CC(C)C)N(C)C(=O)[C@H](C(C)C)CC(=O)[C@H]([C@@H](C)OCCCCN2CCOCC2)N(C)C(=O)[C@@H](C)N(C)C1=O. The lowest BCUT2D eigenvalue weighted by Crippen LogP contribution is -2.63. The highest BCUT2D eigenvalue weighted by molar-refractivity contribution is 6.00. The van der Waals surface area contributed by atoms with Gasteiger partial charge in [0, 0.05) is 86.7 Å². The van der Waals surface area contributed by atoms with Crippen LogP contribution in [0.15, 0.2) is 0 Å². The van der Waals surface area contributed by atoms with Gasteiger partial charge in [-0.05, 0) is 128 Å². The van der Waals surface area contributed by atoms with Gasteiger partial charge in [-0.1, -0.05) is 103 Å². The Labute approximate surface area is 582 Å². The Morgan fingerprint density at radius 1 is 0.536 bits per heavy atom. The van der Waals surface area contributed by atoms with E-state index in [-0.39, 0.29) is 62.9 Å². The van der Waals surface area contributed by atoms with E-state index in [0.29, 0.717) is 32.5 Å². The zero-order valence-electron chi connectivity index (χ0n) is 63.8. The Balaban J connectivity index is 2.98. The van der Waals surface area contributed by atoms with Gasteiger partial charge >= 0.3 is 0 Å². The Hall–Kier alpha value is -5.63. The minimum absolute atomic E-state index is 0.00797. The monoisotopic (exact) mass is 1370 g/mol. The molecule has 0 saturated carbocycles. The average molecular weight is 1370 g/mol. The predicted molar refractivity (Wildman–Crippen MR) is 376 cm³/mol. The number of carbonyl (C=O) groups excluding carboxylic acids is 11. The van der Waals surface area contributed by atoms with Gasteiger partial charge in [0.15, 0.2) is 11.6 Å². The number of morpholine rings is 1. The molecular weight excluding hydrogens is 1240 g/mol. The summed E-state index contributed by atoms with van der Waals surface area (Å²) in [6.45, 7) is 32.8. The molecule has 2 aliphatic rings. The summed E-state index contributed by atoms with van der Waals surface area (Å²) in [4.78, 5) is 173. The number of aliphatic hydroxyl groups is 1. The molecule has 5 N–H and O–H groups in total. The molecule has 0 unspecified atom stereocenters. The van der Waals surface area contributed by atoms with Crippen molar-refractivity contribution in [1.82, 2.24) is 55.6 Å². The summed E-state index contributed by atoms with van der Waals surface area (Å²) >= 11 is 0. The third kappa shape index (κ3) is 26.4. The van der Waals surface area contributed by atoms with Crippen molar-refractivity contribution in [3.05, 3.63) is 0 Å². The molecule has 2 saturated heterocycles. The summed E-state index contributed by atoms with van der Waals surface area (Å²) in [5.74, 6) is -10.8. The van der Waals surface area contributed by atoms with Crippen molar-refractivity contribution < 1.29 is 67.3 Å². The van der Waals surface area contributed by atoms with Crippen LogP contribution in [0.1, 0.15) is 188 Å². The summed E-state index contributed by atoms with van der Waals surface area (Å²) in [5.41, 5.74) is 0. The van der Waals surface area contributed by atoms with Crippen LogP contribution < -0.4 is 21.3 Å². The van der Waals surface area contributed by atoms with Crippen LogP contribution in [0, 0.1) is 47.3 Å². The first-order chi connectivity index (χ1) is 45.3. The van der Waals surface area contributed by atoms with Crippen LogP contribution in [-0.2, 0) is 62.2 Å². The van der Waals surface area contributed by atoms with E-state index in [2.05, 4.69) is 26.2 Å². The lowest BCUT2D eigenvalue weighted by molar-refractivity contribution is -0.154. The number of ketones is 2. The van der Waals surface area contributed by atoms with E-state index in [1.165, 1.54) is 85.5 Å². The third-order valence-electron chi connectivity index (χ3n) is 19.7. The lowest BCUT2D eigenvalue weighted by Gasteiger charge is -2.40. The van der Waals surface area contributed by atoms with Gasteiger partial charge in [0.1, 0.15) is 48.3 Å². The zero-order valence-corrected chi connectivity index (χ0v) is 63.8. The molecule has 0 aliphatic carbocycles. The number of amides is 9. The number of unbranched alkanes of at least 4 members (excludes halogenated alkanes) is 3. The van der Waals surface area contributed by atoms with Crippen LogP contribution >= 0.6 is 0 Å². The smallest absolute Gasteiger partial charge is 0.245 e. The Morgan fingerprint density at radius 3 is 1.59 bits per heavy atom. The highest BCUT2D eigenvalue weighted by atomic mass is 16.5. The number of nitrogens with zero attached hydrogens (tertiary/aromatic N) is 7. The highest BCUT2D eigenvalue weighted by Gasteiger charge is 2.45. The molecule has 2 fully saturated rings. The summed E-state index contributed by atoms with van der Waals surface area (Å²) in [6, 6.07) is -11.3. The first-order valence-electron chi connectivity index (χ1n) is 36.1. The van der Waals surface area contributed by atoms with Crippen molar-refractivity contribution >= 4 is 64.7 Å². The van der Waals surface area contributed by atoms with Gasteiger partial charge < -0.3 is 65.2 Å². The molecule has 2 heterocycles. The highest BCUT2D eigenvalue weighted by Crippen LogP contribution is 2.28. The molecule has 2 aliphatic heterocycles. The number of rotatable bonds is 24. The molecule has 0 aromatic carbocycles. The largest absolute Gasteiger partial charge is 0.390 e. The molecule has 9 amide bonds. The van der Waals surface area contributed by atoms with Crippen LogP contribution in [0.5, 0.6) is 0 Å². The van der Waals surface area contributed by atoms with Crippen LogP contribution in [0.4, 0.5) is 0 Å². The number of carbonyl (C=O) groups is 11. The van der Waals surface area contributed by atoms with Crippen LogP contribution in [0.3, 0.4) is 0 Å². The molecule has 25 nitrogen and oxygen atoms in total. The molecule has 0 aromatic heterocycles. The second-order valence-corrected chi connectivity index (χ2v) is 29.9. The first-order valence-corrected chi connectivity index (χ1v) is 36.1. The molecule has 0 bridgehead atoms. The van der Waals surface area contributed by atoms with Gasteiger partial charge in [-0.2, -0.15) is 0 Å². The zero-order chi connectivity index (χ0) is 74.0. The first kappa shape index (κ1) is 87.5. The summed E-state index contributed by atoms with van der Waals surface area (Å²) in [7, 11) is 10.6. The summed E-state index contributed by atoms with van der Waals surface area (Å²) < 4.78 is 11.9. The van der Waals surface area contributed by atoms with Gasteiger partial charge in [-0.15, -0.1) is 0 Å². The van der Waals surface area contributed by atoms with Crippen molar-refractivity contribution in [3.8, 4) is 0 Å². The standard InChI is InChI=1S/C72H131N11O14/c1-24-54-70(93)77(18)51(15)68(91)82(23)62(52(16)97-35-29-28-32-83-33-36-96-37-34-83)59(85)42-53(46(8)9)69(92)78(19)55(38-43(2)3)58(84)41-49(13)64(87)74-50(14)67(90)79(20)56(39-44(4)5)71(94)80(21)57(40-45(6)7)72(95)81(22)61(47(10)11)66(89)76-60(65(88)75-54)63(86)48(12)30-26-25-27-31-73-17/h43-57,60-63,73,86H,24-42H2,1-23H3,(H,74,87)(H,75,88)(H,76,89)/t48-,49-,50-,51-,52-,53+,54+,55+,56+,57+,60+,61+,62+,63-/m1/s1. The molecule has 0 aromatic rings. The molecule has 558 valence electrons. The lowest BCUT2D eigenvalue weighted by atomic mass is 9.85. The van der Waals surface area contributed by atoms with E-state index >= 15 is 28.8 Å². The van der Waals surface area contributed by atoms with E-state index in [9.17, 15) is 29.1 Å². The van der Waals surface area contributed by atoms with E-state index in [1.54, 1.807) is 55.4 Å². The number of ether oxygens (including phenoxy) is 2. The maximum Gasteiger partial charge on any atom is 0.245 e. The summed E-state index contributed by atoms with van der Waals surface area (Å²) in [6.07, 6.45) is 1.75. The van der Waals surface area contributed by atoms with Crippen LogP contribution in [-0.4, -0.2) is 266 Å². The van der Waals surface area contributed by atoms with Crippen molar-refractivity contribution in [2.75, 3.05) is 95.3 Å². The minimum atomic E-state index is -1.66. The van der Waals surface area contributed by atoms with Crippen molar-refractivity contribution in [3.63, 3.8) is 0 Å². The van der Waals surface area contributed by atoms with Crippen LogP contribution in [0.2, 0.25) is 0 Å². The Bertz CT molecular complexity index is 2550. The van der Waals surface area contributed by atoms with Crippen LogP contribution in [0.25, 0.3) is 0 Å². The van der Waals surface area contributed by atoms with Gasteiger partial charge in [0.05, 0.1) is 31.5 Å². The fraction of sp³-hybridized carbons (Fsp3) is 0.847. The molecular formula is C72H131N11O14. The van der Waals surface area contributed by atoms with E-state index in [1.807, 2.05) is 48.6 Å². The fourth-order valence-electron chi connectivity index (χ4n) is 13.2. The second-order valence-electron chi connectivity index (χ2n) is 29.9. The number of Topliss-reactive ketones (excluding diaryl/α,β-unsaturated/α-hetero) is 2. The molecule has 14 atom stereocenters. The van der Waals surface area contributed by atoms with Gasteiger partial charge in [-0.25, -0.2) is 0 Å². The molecule has 25 heteroatoms. The predicted octanol–water partition coefficient (Wildman–Crippen LogP) is 4.78. The maximum absolute atomic E-state index is 15.2. The Morgan fingerprint density at radius 2 is 1.06 bits per heavy atom. The number of hydrogen-bond donors (Lipinski definition) is 5. The Kier molecular flexibility index (Phi) is 38.3. The van der Waals surface area contributed by atoms with E-state index in [4.69, 9.17) is 9.47 Å². The van der Waals surface area contributed by atoms with E-state index in [0.717, 1.165) is 45.4 Å². The van der Waals surface area contributed by atoms with Gasteiger partial charge in [-0.3, -0.25) is 57.6 Å². The summed E-state index contributed by atoms with van der Waals surface area (Å²) in [5, 5.41) is 23.7. The second kappa shape index (κ2) is 42.5. The molecule has 0 radical (unpaired) electrons. The number of aliphatic hydroxyl groups excluding tert-OH is 1. The fourth-order valence-corrected chi connectivity index (χ4v) is 13.2. The quantitative estimate of drug-likeness (QED) is 0.0813. The number of nitrogens with one attached hydrogen (secondary N) is 4. The van der Waals surface area contributed by atoms with Gasteiger partial charge in [0.2, 0.25) is 53.2 Å². The molecule has 0 spiro atoms. The average Bonchev–Trinajstić information content (AvgIpc) is 0.820. The van der Waals surface area contributed by atoms with Crippen molar-refractivity contribution in [2.45, 2.75) is 254 Å².